The molecule has 1 unspecified atom stereocenters. The summed E-state index contributed by atoms with van der Waals surface area (Å²) in [6.45, 7) is 0. The molecule has 1 atom stereocenters. The van der Waals surface area contributed by atoms with Crippen LogP contribution >= 0.6 is 15.9 Å². The maximum atomic E-state index is 12.7. The van der Waals surface area contributed by atoms with Crippen LogP contribution in [0.4, 0.5) is 4.39 Å². The van der Waals surface area contributed by atoms with Crippen molar-refractivity contribution in [3.05, 3.63) is 29.6 Å². The van der Waals surface area contributed by atoms with Crippen LogP contribution in [0, 0.1) is 5.82 Å². The standard InChI is InChI=1S/C8H9BrFNO/c1-12-7-3-2-5(10)4-6(7)8(9)11/h2-4,8H,11H2,1H3. The Balaban J connectivity index is 3.12. The number of rotatable bonds is 2. The molecule has 0 radical (unpaired) electrons. The Hall–Kier alpha value is -0.610. The topological polar surface area (TPSA) is 35.2 Å². The van der Waals surface area contributed by atoms with E-state index in [0.29, 0.717) is 11.3 Å². The number of halogens is 2. The number of nitrogens with two attached hydrogens (primary N) is 1. The van der Waals surface area contributed by atoms with Gasteiger partial charge in [0.15, 0.2) is 0 Å². The summed E-state index contributed by atoms with van der Waals surface area (Å²) in [5.74, 6) is 0.265. The lowest BCUT2D eigenvalue weighted by Crippen LogP contribution is -2.04. The molecule has 0 heterocycles. The fourth-order valence-electron chi connectivity index (χ4n) is 0.921. The number of hydrogen-bond donors (Lipinski definition) is 1. The Bertz CT molecular complexity index is 278. The molecule has 0 aromatic heterocycles. The summed E-state index contributed by atoms with van der Waals surface area (Å²) in [5, 5.41) is 0. The summed E-state index contributed by atoms with van der Waals surface area (Å²) >= 11 is 3.14. The normalized spacial score (nSPS) is 12.7. The number of benzene rings is 1. The maximum absolute atomic E-state index is 12.7. The molecule has 0 fully saturated rings. The number of hydrogen-bond acceptors (Lipinski definition) is 2. The van der Waals surface area contributed by atoms with Crippen LogP contribution in [0.5, 0.6) is 5.75 Å². The minimum atomic E-state index is -0.400. The van der Waals surface area contributed by atoms with Crippen LogP contribution in [-0.2, 0) is 0 Å². The Morgan fingerprint density at radius 3 is 2.75 bits per heavy atom. The molecule has 1 aromatic rings. The van der Waals surface area contributed by atoms with Gasteiger partial charge in [-0.3, -0.25) is 0 Å². The molecule has 0 aliphatic rings. The van der Waals surface area contributed by atoms with Crippen LogP contribution in [0.1, 0.15) is 10.5 Å². The van der Waals surface area contributed by atoms with Gasteiger partial charge in [-0.05, 0) is 18.2 Å². The van der Waals surface area contributed by atoms with Gasteiger partial charge >= 0.3 is 0 Å². The van der Waals surface area contributed by atoms with Gasteiger partial charge in [0, 0.05) is 5.56 Å². The van der Waals surface area contributed by atoms with E-state index in [0.717, 1.165) is 0 Å². The van der Waals surface area contributed by atoms with Crippen molar-refractivity contribution in [3.63, 3.8) is 0 Å². The van der Waals surface area contributed by atoms with Gasteiger partial charge in [0.05, 0.1) is 12.1 Å². The van der Waals surface area contributed by atoms with E-state index in [-0.39, 0.29) is 5.82 Å². The van der Waals surface area contributed by atoms with Gasteiger partial charge in [0.1, 0.15) is 11.6 Å². The molecule has 2 N–H and O–H groups in total. The molecule has 0 amide bonds. The molecule has 1 aromatic carbocycles. The molecular formula is C8H9BrFNO. The maximum Gasteiger partial charge on any atom is 0.124 e. The van der Waals surface area contributed by atoms with Gasteiger partial charge in [-0.25, -0.2) is 4.39 Å². The third kappa shape index (κ3) is 1.95. The SMILES string of the molecule is COc1ccc(F)cc1C(N)Br. The van der Waals surface area contributed by atoms with Crippen LogP contribution in [0.15, 0.2) is 18.2 Å². The average Bonchev–Trinajstić information content (AvgIpc) is 2.04. The Labute approximate surface area is 78.6 Å². The lowest BCUT2D eigenvalue weighted by Gasteiger charge is -2.09. The molecule has 2 nitrogen and oxygen atoms in total. The molecule has 66 valence electrons. The predicted molar refractivity (Wildman–Crippen MR) is 48.8 cm³/mol. The van der Waals surface area contributed by atoms with E-state index in [2.05, 4.69) is 15.9 Å². The highest BCUT2D eigenvalue weighted by Crippen LogP contribution is 2.27. The Morgan fingerprint density at radius 1 is 1.58 bits per heavy atom. The summed E-state index contributed by atoms with van der Waals surface area (Å²) in [6.07, 6.45) is 0. The second-order valence-corrected chi connectivity index (χ2v) is 3.27. The van der Waals surface area contributed by atoms with Crippen LogP contribution in [-0.4, -0.2) is 7.11 Å². The zero-order valence-electron chi connectivity index (χ0n) is 6.55. The van der Waals surface area contributed by atoms with Crippen LogP contribution in [0.25, 0.3) is 0 Å². The van der Waals surface area contributed by atoms with Gasteiger partial charge in [0.25, 0.3) is 0 Å². The number of ether oxygens (including phenoxy) is 1. The molecular weight excluding hydrogens is 225 g/mol. The van der Waals surface area contributed by atoms with E-state index >= 15 is 0 Å². The first-order chi connectivity index (χ1) is 5.65. The van der Waals surface area contributed by atoms with E-state index < -0.39 is 4.95 Å². The van der Waals surface area contributed by atoms with E-state index in [1.165, 1.54) is 19.2 Å². The second-order valence-electron chi connectivity index (χ2n) is 2.29. The summed E-state index contributed by atoms with van der Waals surface area (Å²) in [7, 11) is 1.52. The molecule has 0 aliphatic carbocycles. The van der Waals surface area contributed by atoms with Gasteiger partial charge in [0.2, 0.25) is 0 Å². The van der Waals surface area contributed by atoms with Crippen molar-refractivity contribution in [1.82, 2.24) is 0 Å². The summed E-state index contributed by atoms with van der Waals surface area (Å²) in [6, 6.07) is 4.22. The third-order valence-corrected chi connectivity index (χ3v) is 1.98. The van der Waals surface area contributed by atoms with Gasteiger partial charge in [-0.15, -0.1) is 0 Å². The van der Waals surface area contributed by atoms with E-state index in [1.54, 1.807) is 6.07 Å². The molecule has 0 bridgehead atoms. The minimum absolute atomic E-state index is 0.319. The average molecular weight is 234 g/mol. The van der Waals surface area contributed by atoms with E-state index in [9.17, 15) is 4.39 Å². The summed E-state index contributed by atoms with van der Waals surface area (Å²) in [5.41, 5.74) is 6.14. The highest BCUT2D eigenvalue weighted by atomic mass is 79.9. The number of alkyl halides is 1. The highest BCUT2D eigenvalue weighted by molar-refractivity contribution is 9.09. The smallest absolute Gasteiger partial charge is 0.124 e. The summed E-state index contributed by atoms with van der Waals surface area (Å²) in [4.78, 5) is -0.400. The first kappa shape index (κ1) is 9.48. The molecule has 0 spiro atoms. The van der Waals surface area contributed by atoms with Crippen molar-refractivity contribution < 1.29 is 9.13 Å². The first-order valence-electron chi connectivity index (χ1n) is 3.38. The largest absolute Gasteiger partial charge is 0.496 e. The van der Waals surface area contributed by atoms with E-state index in [1.807, 2.05) is 0 Å². The van der Waals surface area contributed by atoms with Crippen molar-refractivity contribution in [2.24, 2.45) is 5.73 Å². The molecule has 4 heteroatoms. The molecule has 1 rings (SSSR count). The Kier molecular flexibility index (Phi) is 3.05. The second kappa shape index (κ2) is 3.87. The van der Waals surface area contributed by atoms with Gasteiger partial charge in [-0.1, -0.05) is 15.9 Å². The predicted octanol–water partition coefficient (Wildman–Crippen LogP) is 2.19. The molecule has 0 saturated heterocycles. The molecule has 0 aliphatic heterocycles. The van der Waals surface area contributed by atoms with Crippen LogP contribution in [0.2, 0.25) is 0 Å². The van der Waals surface area contributed by atoms with Gasteiger partial charge < -0.3 is 10.5 Å². The van der Waals surface area contributed by atoms with Gasteiger partial charge in [-0.2, -0.15) is 0 Å². The minimum Gasteiger partial charge on any atom is -0.496 e. The molecule has 12 heavy (non-hydrogen) atoms. The first-order valence-corrected chi connectivity index (χ1v) is 4.30. The quantitative estimate of drug-likeness (QED) is 0.628. The number of methoxy groups -OCH3 is 1. The third-order valence-electron chi connectivity index (χ3n) is 1.49. The van der Waals surface area contributed by atoms with Crippen LogP contribution < -0.4 is 10.5 Å². The van der Waals surface area contributed by atoms with Crippen molar-refractivity contribution in [2.75, 3.05) is 7.11 Å². The molecule has 0 saturated carbocycles. The van der Waals surface area contributed by atoms with Crippen molar-refractivity contribution in [1.29, 1.82) is 0 Å². The van der Waals surface area contributed by atoms with E-state index in [4.69, 9.17) is 10.5 Å². The fourth-order valence-corrected chi connectivity index (χ4v) is 1.28. The van der Waals surface area contributed by atoms with Crippen molar-refractivity contribution in [3.8, 4) is 5.75 Å². The lowest BCUT2D eigenvalue weighted by atomic mass is 10.2. The zero-order chi connectivity index (χ0) is 9.14. The van der Waals surface area contributed by atoms with Crippen molar-refractivity contribution >= 4 is 15.9 Å². The highest BCUT2D eigenvalue weighted by Gasteiger charge is 2.09. The monoisotopic (exact) mass is 233 g/mol. The lowest BCUT2D eigenvalue weighted by molar-refractivity contribution is 0.408. The zero-order valence-corrected chi connectivity index (χ0v) is 8.14. The van der Waals surface area contributed by atoms with Crippen molar-refractivity contribution in [2.45, 2.75) is 4.95 Å². The summed E-state index contributed by atoms with van der Waals surface area (Å²) < 4.78 is 17.7. The Morgan fingerprint density at radius 2 is 2.25 bits per heavy atom. The van der Waals surface area contributed by atoms with Crippen LogP contribution in [0.3, 0.4) is 0 Å². The fraction of sp³-hybridized carbons (Fsp3) is 0.250.